The van der Waals surface area contributed by atoms with Crippen LogP contribution in [0.15, 0.2) is 4.52 Å². The molecular formula is C12H19ClN2O3. The lowest BCUT2D eigenvalue weighted by molar-refractivity contribution is -0.121. The molecule has 0 aromatic carbocycles. The first kappa shape index (κ1) is 15.0. The van der Waals surface area contributed by atoms with Crippen LogP contribution in [-0.2, 0) is 11.2 Å². The van der Waals surface area contributed by atoms with Crippen molar-refractivity contribution in [2.75, 3.05) is 6.54 Å². The van der Waals surface area contributed by atoms with E-state index in [1.165, 1.54) is 0 Å². The fourth-order valence-corrected chi connectivity index (χ4v) is 1.90. The molecule has 0 bridgehead atoms. The second-order valence-electron chi connectivity index (χ2n) is 4.27. The van der Waals surface area contributed by atoms with E-state index in [0.717, 1.165) is 12.0 Å². The number of nitrogens with zero attached hydrogens (tertiary/aromatic N) is 1. The zero-order valence-corrected chi connectivity index (χ0v) is 11.5. The zero-order valence-electron chi connectivity index (χ0n) is 10.7. The first-order valence-electron chi connectivity index (χ1n) is 6.10. The minimum atomic E-state index is -0.472. The number of halogens is 1. The number of aromatic nitrogens is 1. The van der Waals surface area contributed by atoms with Gasteiger partial charge in [-0.2, -0.15) is 0 Å². The molecule has 1 heterocycles. The largest absolute Gasteiger partial charge is 0.391 e. The van der Waals surface area contributed by atoms with E-state index in [1.807, 2.05) is 6.92 Å². The molecule has 1 unspecified atom stereocenters. The van der Waals surface area contributed by atoms with Gasteiger partial charge in [0.25, 0.3) is 0 Å². The summed E-state index contributed by atoms with van der Waals surface area (Å²) in [5, 5.41) is 16.1. The van der Waals surface area contributed by atoms with Gasteiger partial charge in [-0.15, -0.1) is 0 Å². The number of hydrogen-bond donors (Lipinski definition) is 2. The molecule has 0 saturated heterocycles. The highest BCUT2D eigenvalue weighted by Crippen LogP contribution is 2.20. The molecule has 6 heteroatoms. The topological polar surface area (TPSA) is 75.4 Å². The van der Waals surface area contributed by atoms with Gasteiger partial charge in [-0.05, 0) is 31.4 Å². The van der Waals surface area contributed by atoms with Crippen LogP contribution in [-0.4, -0.2) is 28.8 Å². The molecule has 0 aliphatic carbocycles. The van der Waals surface area contributed by atoms with Crippen molar-refractivity contribution in [2.24, 2.45) is 0 Å². The maximum atomic E-state index is 11.6. The lowest BCUT2D eigenvalue weighted by atomic mass is 10.1. The van der Waals surface area contributed by atoms with E-state index in [-0.39, 0.29) is 11.1 Å². The number of aryl methyl sites for hydroxylation is 1. The lowest BCUT2D eigenvalue weighted by Gasteiger charge is -2.10. The summed E-state index contributed by atoms with van der Waals surface area (Å²) in [5.41, 5.74) is 1.47. The van der Waals surface area contributed by atoms with Gasteiger partial charge in [0, 0.05) is 18.5 Å². The van der Waals surface area contributed by atoms with Gasteiger partial charge < -0.3 is 14.9 Å². The molecule has 102 valence electrons. The standard InChI is InChI=1S/C12H19ClN2O3/c1-3-4-9(16)7-14-11(17)6-5-10-8(2)15-18-12(10)13/h9,16H,3-7H2,1-2H3,(H,14,17). The third kappa shape index (κ3) is 4.66. The number of nitrogens with one attached hydrogen (secondary N) is 1. The van der Waals surface area contributed by atoms with Crippen LogP contribution >= 0.6 is 11.6 Å². The van der Waals surface area contributed by atoms with Crippen LogP contribution in [0.25, 0.3) is 0 Å². The minimum absolute atomic E-state index is 0.109. The molecule has 18 heavy (non-hydrogen) atoms. The van der Waals surface area contributed by atoms with Crippen LogP contribution in [0.5, 0.6) is 0 Å². The number of carbonyl (C=O) groups excluding carboxylic acids is 1. The van der Waals surface area contributed by atoms with E-state index >= 15 is 0 Å². The van der Waals surface area contributed by atoms with Crippen molar-refractivity contribution in [3.63, 3.8) is 0 Å². The summed E-state index contributed by atoms with van der Waals surface area (Å²) in [4.78, 5) is 11.6. The van der Waals surface area contributed by atoms with Crippen LogP contribution in [0.3, 0.4) is 0 Å². The first-order valence-corrected chi connectivity index (χ1v) is 6.47. The van der Waals surface area contributed by atoms with Gasteiger partial charge in [-0.25, -0.2) is 0 Å². The molecule has 2 N–H and O–H groups in total. The number of rotatable bonds is 7. The van der Waals surface area contributed by atoms with Gasteiger partial charge in [0.05, 0.1) is 11.8 Å². The molecule has 1 amide bonds. The second-order valence-corrected chi connectivity index (χ2v) is 4.61. The molecule has 0 fully saturated rings. The fraction of sp³-hybridized carbons (Fsp3) is 0.667. The Kier molecular flexibility index (Phi) is 6.15. The average molecular weight is 275 g/mol. The molecule has 0 radical (unpaired) electrons. The molecule has 5 nitrogen and oxygen atoms in total. The fourth-order valence-electron chi connectivity index (χ4n) is 1.63. The van der Waals surface area contributed by atoms with Crippen LogP contribution in [0.1, 0.15) is 37.4 Å². The summed E-state index contributed by atoms with van der Waals surface area (Å²) in [6.45, 7) is 4.07. The quantitative estimate of drug-likeness (QED) is 0.796. The Hall–Kier alpha value is -1.07. The highest BCUT2D eigenvalue weighted by molar-refractivity contribution is 6.29. The van der Waals surface area contributed by atoms with Gasteiger partial charge in [-0.3, -0.25) is 4.79 Å². The summed E-state index contributed by atoms with van der Waals surface area (Å²) < 4.78 is 4.80. The van der Waals surface area contributed by atoms with Crippen molar-refractivity contribution in [2.45, 2.75) is 45.6 Å². The highest BCUT2D eigenvalue weighted by Gasteiger charge is 2.13. The maximum Gasteiger partial charge on any atom is 0.229 e. The Morgan fingerprint density at radius 2 is 2.33 bits per heavy atom. The van der Waals surface area contributed by atoms with Crippen molar-refractivity contribution in [3.8, 4) is 0 Å². The Morgan fingerprint density at radius 3 is 2.89 bits per heavy atom. The molecule has 1 aromatic heterocycles. The number of amides is 1. The third-order valence-corrected chi connectivity index (χ3v) is 2.99. The van der Waals surface area contributed by atoms with E-state index in [0.29, 0.717) is 31.5 Å². The number of carbonyl (C=O) groups is 1. The molecule has 1 atom stereocenters. The highest BCUT2D eigenvalue weighted by atomic mass is 35.5. The molecule has 0 spiro atoms. The smallest absolute Gasteiger partial charge is 0.229 e. The predicted octanol–water partition coefficient (Wildman–Crippen LogP) is 1.85. The summed E-state index contributed by atoms with van der Waals surface area (Å²) in [7, 11) is 0. The van der Waals surface area contributed by atoms with E-state index in [9.17, 15) is 9.90 Å². The van der Waals surface area contributed by atoms with Gasteiger partial charge in [0.1, 0.15) is 0 Å². The predicted molar refractivity (Wildman–Crippen MR) is 68.5 cm³/mol. The van der Waals surface area contributed by atoms with Crippen molar-refractivity contribution in [1.29, 1.82) is 0 Å². The normalized spacial score (nSPS) is 12.4. The van der Waals surface area contributed by atoms with Gasteiger partial charge in [-0.1, -0.05) is 18.5 Å². The van der Waals surface area contributed by atoms with Crippen molar-refractivity contribution >= 4 is 17.5 Å². The van der Waals surface area contributed by atoms with Crippen molar-refractivity contribution < 1.29 is 14.4 Å². The molecule has 1 rings (SSSR count). The maximum absolute atomic E-state index is 11.6. The zero-order chi connectivity index (χ0) is 13.5. The van der Waals surface area contributed by atoms with E-state index in [4.69, 9.17) is 16.1 Å². The van der Waals surface area contributed by atoms with Gasteiger partial charge in [0.15, 0.2) is 0 Å². The summed E-state index contributed by atoms with van der Waals surface area (Å²) in [6, 6.07) is 0. The van der Waals surface area contributed by atoms with Crippen LogP contribution in [0.2, 0.25) is 5.22 Å². The molecular weight excluding hydrogens is 256 g/mol. The van der Waals surface area contributed by atoms with Gasteiger partial charge >= 0.3 is 0 Å². The van der Waals surface area contributed by atoms with E-state index in [2.05, 4.69) is 10.5 Å². The molecule has 0 saturated carbocycles. The third-order valence-electron chi connectivity index (χ3n) is 2.70. The summed E-state index contributed by atoms with van der Waals surface area (Å²) in [6.07, 6.45) is 1.91. The van der Waals surface area contributed by atoms with Crippen molar-refractivity contribution in [3.05, 3.63) is 16.5 Å². The SMILES string of the molecule is CCCC(O)CNC(=O)CCc1c(C)noc1Cl. The monoisotopic (exact) mass is 274 g/mol. The Labute approximate surface area is 111 Å². The first-order chi connectivity index (χ1) is 8.54. The van der Waals surface area contributed by atoms with Crippen LogP contribution < -0.4 is 5.32 Å². The molecule has 0 aliphatic heterocycles. The Bertz CT molecular complexity index is 373. The van der Waals surface area contributed by atoms with E-state index in [1.54, 1.807) is 6.92 Å². The number of aliphatic hydroxyl groups is 1. The van der Waals surface area contributed by atoms with Crippen LogP contribution in [0, 0.1) is 6.92 Å². The van der Waals surface area contributed by atoms with E-state index < -0.39 is 6.10 Å². The molecule has 1 aromatic rings. The average Bonchev–Trinajstić information content (AvgIpc) is 2.64. The number of hydrogen-bond acceptors (Lipinski definition) is 4. The van der Waals surface area contributed by atoms with Crippen LogP contribution in [0.4, 0.5) is 0 Å². The lowest BCUT2D eigenvalue weighted by Crippen LogP contribution is -2.32. The Morgan fingerprint density at radius 1 is 1.61 bits per heavy atom. The molecule has 0 aliphatic rings. The minimum Gasteiger partial charge on any atom is -0.391 e. The van der Waals surface area contributed by atoms with Gasteiger partial charge in [0.2, 0.25) is 11.1 Å². The summed E-state index contributed by atoms with van der Waals surface area (Å²) in [5.74, 6) is -0.109. The second kappa shape index (κ2) is 7.38. The Balaban J connectivity index is 2.29. The summed E-state index contributed by atoms with van der Waals surface area (Å²) >= 11 is 5.80. The van der Waals surface area contributed by atoms with Crippen molar-refractivity contribution in [1.82, 2.24) is 10.5 Å². The number of aliphatic hydroxyl groups excluding tert-OH is 1.